The lowest BCUT2D eigenvalue weighted by Gasteiger charge is -2.31. The molecule has 0 radical (unpaired) electrons. The molecule has 0 fully saturated rings. The van der Waals surface area contributed by atoms with Gasteiger partial charge in [0.05, 0.1) is 29.7 Å². The van der Waals surface area contributed by atoms with E-state index in [2.05, 4.69) is 61.1 Å². The highest BCUT2D eigenvalue weighted by Crippen LogP contribution is 2.43. The first kappa shape index (κ1) is 17.7. The highest BCUT2D eigenvalue weighted by molar-refractivity contribution is 5.90. The maximum atomic E-state index is 10.6. The second-order valence-electron chi connectivity index (χ2n) is 7.71. The number of pyridine rings is 1. The number of fused-ring (bicyclic) bond motifs is 2. The summed E-state index contributed by atoms with van der Waals surface area (Å²) in [6.07, 6.45) is 6.65. The van der Waals surface area contributed by atoms with Crippen LogP contribution in [0.25, 0.3) is 11.6 Å². The van der Waals surface area contributed by atoms with Crippen LogP contribution in [0, 0.1) is 13.8 Å². The molecule has 0 saturated carbocycles. The molecule has 3 aromatic rings. The molecule has 4 rings (SSSR count). The number of aliphatic hydroxyl groups excluding tert-OH is 1. The van der Waals surface area contributed by atoms with Gasteiger partial charge in [0.25, 0.3) is 0 Å². The monoisotopic (exact) mass is 359 g/mol. The van der Waals surface area contributed by atoms with Crippen LogP contribution in [0.3, 0.4) is 0 Å². The van der Waals surface area contributed by atoms with E-state index in [9.17, 15) is 5.11 Å². The molecule has 1 atom stereocenters. The van der Waals surface area contributed by atoms with Crippen molar-refractivity contribution in [2.75, 3.05) is 6.61 Å². The Bertz CT molecular complexity index is 1050. The summed E-state index contributed by atoms with van der Waals surface area (Å²) in [6, 6.07) is 10.6. The Morgan fingerprint density at radius 3 is 2.70 bits per heavy atom. The van der Waals surface area contributed by atoms with Gasteiger partial charge in [-0.2, -0.15) is 0 Å². The summed E-state index contributed by atoms with van der Waals surface area (Å²) >= 11 is 0. The average molecular weight is 359 g/mol. The van der Waals surface area contributed by atoms with Crippen molar-refractivity contribution in [2.24, 2.45) is 7.05 Å². The van der Waals surface area contributed by atoms with Gasteiger partial charge in [-0.1, -0.05) is 29.8 Å². The van der Waals surface area contributed by atoms with Crippen LogP contribution in [0.4, 0.5) is 0 Å². The van der Waals surface area contributed by atoms with E-state index in [1.54, 1.807) is 0 Å². The third kappa shape index (κ3) is 2.81. The summed E-state index contributed by atoms with van der Waals surface area (Å²) in [6.45, 7) is 6.23. The van der Waals surface area contributed by atoms with Gasteiger partial charge in [0, 0.05) is 25.4 Å². The van der Waals surface area contributed by atoms with Gasteiger partial charge in [0.15, 0.2) is 0 Å². The third-order valence-electron chi connectivity index (χ3n) is 5.80. The summed E-state index contributed by atoms with van der Waals surface area (Å²) in [7, 11) is 1.99. The van der Waals surface area contributed by atoms with Gasteiger partial charge in [0.2, 0.25) is 0 Å². The molecule has 2 aromatic heterocycles. The fraction of sp³-hybridized carbons (Fsp3) is 0.304. The maximum absolute atomic E-state index is 10.6. The van der Waals surface area contributed by atoms with E-state index in [1.165, 1.54) is 16.7 Å². The van der Waals surface area contributed by atoms with E-state index in [0.717, 1.165) is 34.6 Å². The van der Waals surface area contributed by atoms with Gasteiger partial charge < -0.3 is 9.67 Å². The highest BCUT2D eigenvalue weighted by Gasteiger charge is 2.37. The fourth-order valence-corrected chi connectivity index (χ4v) is 4.02. The zero-order valence-electron chi connectivity index (χ0n) is 16.3. The number of rotatable bonds is 3. The van der Waals surface area contributed by atoms with E-state index < -0.39 is 5.41 Å². The van der Waals surface area contributed by atoms with Crippen LogP contribution in [0.15, 0.2) is 42.9 Å². The predicted octanol–water partition coefficient (Wildman–Crippen LogP) is 3.83. The van der Waals surface area contributed by atoms with Crippen LogP contribution in [-0.2, 0) is 18.9 Å². The van der Waals surface area contributed by atoms with E-state index >= 15 is 0 Å². The minimum Gasteiger partial charge on any atom is -0.395 e. The Kier molecular flexibility index (Phi) is 4.23. The zero-order chi connectivity index (χ0) is 19.2. The van der Waals surface area contributed by atoms with Crippen LogP contribution in [-0.4, -0.2) is 26.2 Å². The molecule has 1 aliphatic rings. The molecule has 2 heterocycles. The molecule has 0 amide bonds. The van der Waals surface area contributed by atoms with Gasteiger partial charge in [-0.3, -0.25) is 4.98 Å². The van der Waals surface area contributed by atoms with Crippen molar-refractivity contribution in [1.82, 2.24) is 14.5 Å². The van der Waals surface area contributed by atoms with Crippen LogP contribution < -0.4 is 0 Å². The van der Waals surface area contributed by atoms with Crippen molar-refractivity contribution in [3.05, 3.63) is 82.2 Å². The molecule has 0 spiro atoms. The summed E-state index contributed by atoms with van der Waals surface area (Å²) in [5.74, 6) is 0. The normalized spacial score (nSPS) is 15.4. The Hall–Kier alpha value is -2.72. The summed E-state index contributed by atoms with van der Waals surface area (Å²) in [4.78, 5) is 9.27. The topological polar surface area (TPSA) is 50.9 Å². The largest absolute Gasteiger partial charge is 0.395 e. The quantitative estimate of drug-likeness (QED) is 0.773. The average Bonchev–Trinajstić information content (AvgIpc) is 2.91. The van der Waals surface area contributed by atoms with Gasteiger partial charge in [-0.05, 0) is 55.2 Å². The van der Waals surface area contributed by atoms with Crippen LogP contribution in [0.1, 0.15) is 46.3 Å². The second kappa shape index (κ2) is 6.46. The smallest absolute Gasteiger partial charge is 0.0949 e. The first-order valence-electron chi connectivity index (χ1n) is 9.29. The zero-order valence-corrected chi connectivity index (χ0v) is 16.3. The lowest BCUT2D eigenvalue weighted by atomic mass is 9.74. The molecule has 27 heavy (non-hydrogen) atoms. The van der Waals surface area contributed by atoms with E-state index in [1.807, 2.05) is 30.2 Å². The molecule has 4 heteroatoms. The number of hydrogen-bond donors (Lipinski definition) is 1. The SMILES string of the molecule is Cc1ccc2c(c1)C(C(C)(CO)c1ncn(C)c1C)=Cc1cccnc1C2. The lowest BCUT2D eigenvalue weighted by Crippen LogP contribution is -2.30. The third-order valence-corrected chi connectivity index (χ3v) is 5.80. The molecular weight excluding hydrogens is 334 g/mol. The van der Waals surface area contributed by atoms with Crippen molar-refractivity contribution < 1.29 is 5.11 Å². The molecule has 1 unspecified atom stereocenters. The van der Waals surface area contributed by atoms with Crippen LogP contribution in [0.2, 0.25) is 0 Å². The van der Waals surface area contributed by atoms with Gasteiger partial charge in [0.1, 0.15) is 0 Å². The van der Waals surface area contributed by atoms with Crippen molar-refractivity contribution in [3.8, 4) is 0 Å². The van der Waals surface area contributed by atoms with Crippen molar-refractivity contribution in [1.29, 1.82) is 0 Å². The molecule has 0 aliphatic heterocycles. The summed E-state index contributed by atoms with van der Waals surface area (Å²) < 4.78 is 2.01. The Labute approximate surface area is 160 Å². The molecular formula is C23H25N3O. The number of aryl methyl sites for hydroxylation is 2. The van der Waals surface area contributed by atoms with Gasteiger partial charge in [-0.25, -0.2) is 4.98 Å². The first-order chi connectivity index (χ1) is 12.9. The van der Waals surface area contributed by atoms with E-state index in [4.69, 9.17) is 0 Å². The minimum absolute atomic E-state index is 0.0142. The van der Waals surface area contributed by atoms with Crippen molar-refractivity contribution in [3.63, 3.8) is 0 Å². The summed E-state index contributed by atoms with van der Waals surface area (Å²) in [5, 5.41) is 10.6. The fourth-order valence-electron chi connectivity index (χ4n) is 4.02. The van der Waals surface area contributed by atoms with Crippen molar-refractivity contribution in [2.45, 2.75) is 32.6 Å². The maximum Gasteiger partial charge on any atom is 0.0949 e. The van der Waals surface area contributed by atoms with Gasteiger partial charge in [-0.15, -0.1) is 0 Å². The number of benzene rings is 1. The Morgan fingerprint density at radius 2 is 2.00 bits per heavy atom. The van der Waals surface area contributed by atoms with Crippen molar-refractivity contribution >= 4 is 11.6 Å². The number of hydrogen-bond acceptors (Lipinski definition) is 3. The van der Waals surface area contributed by atoms with Crippen LogP contribution in [0.5, 0.6) is 0 Å². The molecule has 0 saturated heterocycles. The van der Waals surface area contributed by atoms with E-state index in [0.29, 0.717) is 0 Å². The number of nitrogens with zero attached hydrogens (tertiary/aromatic N) is 3. The molecule has 138 valence electrons. The van der Waals surface area contributed by atoms with Crippen LogP contribution >= 0.6 is 0 Å². The minimum atomic E-state index is -0.606. The predicted molar refractivity (Wildman–Crippen MR) is 108 cm³/mol. The standard InChI is InChI=1S/C23H25N3O/c1-15-7-8-17-12-21-18(6-5-9-24-21)11-20(19(17)10-15)23(3,13-27)22-16(2)26(4)14-25-22/h5-11,14,27H,12-13H2,1-4H3. The second-order valence-corrected chi connectivity index (χ2v) is 7.71. The molecule has 1 aromatic carbocycles. The number of imidazole rings is 1. The molecule has 1 aliphatic carbocycles. The number of aliphatic hydroxyl groups is 1. The molecule has 0 bridgehead atoms. The lowest BCUT2D eigenvalue weighted by molar-refractivity contribution is 0.238. The molecule has 1 N–H and O–H groups in total. The molecule has 4 nitrogen and oxygen atoms in total. The highest BCUT2D eigenvalue weighted by atomic mass is 16.3. The Balaban J connectivity index is 2.03. The number of aromatic nitrogens is 3. The van der Waals surface area contributed by atoms with E-state index in [-0.39, 0.29) is 6.61 Å². The Morgan fingerprint density at radius 1 is 1.19 bits per heavy atom. The first-order valence-corrected chi connectivity index (χ1v) is 9.29. The summed E-state index contributed by atoms with van der Waals surface area (Å²) in [5.41, 5.74) is 8.26. The van der Waals surface area contributed by atoms with Gasteiger partial charge >= 0.3 is 0 Å².